The molecule has 1 aliphatic heterocycles. The molecule has 1 fully saturated rings. The van der Waals surface area contributed by atoms with Crippen LogP contribution in [0.5, 0.6) is 0 Å². The molecule has 2 aromatic heterocycles. The molecule has 0 unspecified atom stereocenters. The van der Waals surface area contributed by atoms with Crippen LogP contribution in [0.1, 0.15) is 11.1 Å². The zero-order valence-electron chi connectivity index (χ0n) is 15.9. The summed E-state index contributed by atoms with van der Waals surface area (Å²) in [5.74, 6) is 0.640. The molecule has 4 rings (SSSR count). The lowest BCUT2D eigenvalue weighted by Gasteiger charge is -2.27. The van der Waals surface area contributed by atoms with Gasteiger partial charge in [-0.1, -0.05) is 30.1 Å². The van der Waals surface area contributed by atoms with Gasteiger partial charge in [0.05, 0.1) is 6.54 Å². The number of benzene rings is 1. The Kier molecular flexibility index (Phi) is 5.52. The highest BCUT2D eigenvalue weighted by Gasteiger charge is 2.17. The van der Waals surface area contributed by atoms with Crippen molar-refractivity contribution in [1.82, 2.24) is 19.9 Å². The van der Waals surface area contributed by atoms with Crippen LogP contribution in [0.25, 0.3) is 21.6 Å². The van der Waals surface area contributed by atoms with Gasteiger partial charge in [0.2, 0.25) is 4.96 Å². The van der Waals surface area contributed by atoms with E-state index in [1.807, 2.05) is 18.2 Å². The lowest BCUT2D eigenvalue weighted by atomic mass is 10.0. The van der Waals surface area contributed by atoms with Gasteiger partial charge in [-0.2, -0.15) is 9.61 Å². The van der Waals surface area contributed by atoms with Crippen LogP contribution in [0.3, 0.4) is 0 Å². The van der Waals surface area contributed by atoms with E-state index in [4.69, 9.17) is 5.73 Å². The summed E-state index contributed by atoms with van der Waals surface area (Å²) in [7, 11) is 0. The van der Waals surface area contributed by atoms with Crippen LogP contribution in [0, 0.1) is 0 Å². The molecular formula is C20H22N6O2S. The van der Waals surface area contributed by atoms with Crippen molar-refractivity contribution in [2.75, 3.05) is 37.6 Å². The van der Waals surface area contributed by atoms with E-state index in [1.54, 1.807) is 6.08 Å². The third-order valence-electron chi connectivity index (χ3n) is 4.80. The molecule has 3 N–H and O–H groups in total. The first-order valence-electron chi connectivity index (χ1n) is 9.42. The van der Waals surface area contributed by atoms with Crippen LogP contribution in [-0.4, -0.2) is 53.1 Å². The predicted molar refractivity (Wildman–Crippen MR) is 116 cm³/mol. The first kappa shape index (κ1) is 19.4. The average molecular weight is 411 g/mol. The molecule has 9 heteroatoms. The highest BCUT2D eigenvalue weighted by molar-refractivity contribution is 7.19. The highest BCUT2D eigenvalue weighted by Crippen LogP contribution is 2.28. The second kappa shape index (κ2) is 8.24. The highest BCUT2D eigenvalue weighted by atomic mass is 32.1. The maximum absolute atomic E-state index is 12.6. The number of anilines is 1. The van der Waals surface area contributed by atoms with Gasteiger partial charge in [0, 0.05) is 44.2 Å². The molecule has 3 heterocycles. The third kappa shape index (κ3) is 4.12. The monoisotopic (exact) mass is 410 g/mol. The van der Waals surface area contributed by atoms with Crippen molar-refractivity contribution in [2.45, 2.75) is 6.42 Å². The summed E-state index contributed by atoms with van der Waals surface area (Å²) in [6, 6.07) is 7.28. The Morgan fingerprint density at radius 3 is 2.79 bits per heavy atom. The van der Waals surface area contributed by atoms with Crippen molar-refractivity contribution < 1.29 is 4.79 Å². The Bertz CT molecular complexity index is 1130. The van der Waals surface area contributed by atoms with Crippen molar-refractivity contribution in [2.24, 2.45) is 5.73 Å². The summed E-state index contributed by atoms with van der Waals surface area (Å²) in [5, 5.41) is 8.43. The Morgan fingerprint density at radius 1 is 1.28 bits per heavy atom. The minimum Gasteiger partial charge on any atom is -0.354 e. The zero-order valence-corrected chi connectivity index (χ0v) is 16.7. The van der Waals surface area contributed by atoms with Crippen molar-refractivity contribution in [1.29, 1.82) is 0 Å². The number of rotatable bonds is 6. The Hall–Kier alpha value is -2.88. The minimum atomic E-state index is -0.204. The quantitative estimate of drug-likeness (QED) is 0.623. The van der Waals surface area contributed by atoms with Crippen LogP contribution in [-0.2, 0) is 11.2 Å². The molecule has 3 aromatic rings. The number of hydrogen-bond acceptors (Lipinski definition) is 8. The van der Waals surface area contributed by atoms with Crippen molar-refractivity contribution in [3.63, 3.8) is 0 Å². The largest absolute Gasteiger partial charge is 0.354 e. The van der Waals surface area contributed by atoms with E-state index >= 15 is 0 Å². The second-order valence-corrected chi connectivity index (χ2v) is 7.83. The van der Waals surface area contributed by atoms with Gasteiger partial charge in [0.25, 0.3) is 5.56 Å². The van der Waals surface area contributed by atoms with Gasteiger partial charge < -0.3 is 16.0 Å². The normalized spacial score (nSPS) is 14.3. The number of fused-ring (bicyclic) bond motifs is 1. The standard InChI is InChI=1S/C20H22N6O2S/c1-2-13-7-14(10-16(27)12-21)9-15(8-13)19-24-26-18(28)11-17(23-20(26)29-19)25-5-3-22-4-6-25/h2,7-9,11,22H,1,3-6,10,12,21H2. The molecule has 1 saturated heterocycles. The zero-order chi connectivity index (χ0) is 20.4. The van der Waals surface area contributed by atoms with Gasteiger partial charge in [-0.05, 0) is 23.3 Å². The molecule has 0 amide bonds. The lowest BCUT2D eigenvalue weighted by Crippen LogP contribution is -2.44. The maximum atomic E-state index is 12.6. The summed E-state index contributed by atoms with van der Waals surface area (Å²) in [5.41, 5.74) is 7.78. The van der Waals surface area contributed by atoms with Crippen LogP contribution in [0.15, 0.2) is 35.6 Å². The number of hydrogen-bond donors (Lipinski definition) is 2. The minimum absolute atomic E-state index is 0.00288. The molecule has 0 aliphatic carbocycles. The average Bonchev–Trinajstić information content (AvgIpc) is 3.19. The number of nitrogens with one attached hydrogen (secondary N) is 1. The van der Waals surface area contributed by atoms with Crippen LogP contribution in [0.4, 0.5) is 5.82 Å². The number of carbonyl (C=O) groups excluding carboxylic acids is 1. The van der Waals surface area contributed by atoms with E-state index in [0.29, 0.717) is 15.8 Å². The number of Topliss-reactive ketones (excluding diaryl/α,β-unsaturated/α-hetero) is 1. The molecule has 0 spiro atoms. The second-order valence-electron chi connectivity index (χ2n) is 6.88. The molecule has 8 nitrogen and oxygen atoms in total. The molecule has 0 atom stereocenters. The predicted octanol–water partition coefficient (Wildman–Crippen LogP) is 0.941. The molecular weight excluding hydrogens is 388 g/mol. The van der Waals surface area contributed by atoms with Gasteiger partial charge >= 0.3 is 0 Å². The van der Waals surface area contributed by atoms with Gasteiger partial charge in [-0.25, -0.2) is 4.98 Å². The molecule has 29 heavy (non-hydrogen) atoms. The SMILES string of the molecule is C=Cc1cc(CC(=O)CN)cc(-c2nn3c(=O)cc(N4CCNCC4)nc3s2)c1. The van der Waals surface area contributed by atoms with Gasteiger partial charge in [0.15, 0.2) is 5.78 Å². The fourth-order valence-corrected chi connectivity index (χ4v) is 4.22. The van der Waals surface area contributed by atoms with Crippen LogP contribution >= 0.6 is 11.3 Å². The number of piperazine rings is 1. The Morgan fingerprint density at radius 2 is 2.07 bits per heavy atom. The van der Waals surface area contributed by atoms with E-state index in [1.165, 1.54) is 21.9 Å². The van der Waals surface area contributed by atoms with E-state index in [-0.39, 0.29) is 24.3 Å². The smallest absolute Gasteiger partial charge is 0.277 e. The van der Waals surface area contributed by atoms with E-state index in [2.05, 4.69) is 26.9 Å². The third-order valence-corrected chi connectivity index (χ3v) is 5.76. The number of aromatic nitrogens is 3. The summed E-state index contributed by atoms with van der Waals surface area (Å²) in [6.07, 6.45) is 1.97. The van der Waals surface area contributed by atoms with E-state index in [0.717, 1.165) is 42.9 Å². The van der Waals surface area contributed by atoms with Crippen molar-refractivity contribution in [3.8, 4) is 10.6 Å². The molecule has 1 aromatic carbocycles. The van der Waals surface area contributed by atoms with Crippen LogP contribution < -0.4 is 21.5 Å². The molecule has 0 bridgehead atoms. The summed E-state index contributed by atoms with van der Waals surface area (Å²) >= 11 is 1.35. The molecule has 150 valence electrons. The number of ketones is 1. The van der Waals surface area contributed by atoms with Crippen LogP contribution in [0.2, 0.25) is 0 Å². The maximum Gasteiger partial charge on any atom is 0.277 e. The topological polar surface area (TPSA) is 106 Å². The fourth-order valence-electron chi connectivity index (χ4n) is 3.33. The number of carbonyl (C=O) groups is 1. The van der Waals surface area contributed by atoms with E-state index < -0.39 is 0 Å². The van der Waals surface area contributed by atoms with E-state index in [9.17, 15) is 9.59 Å². The lowest BCUT2D eigenvalue weighted by molar-refractivity contribution is -0.117. The number of nitrogens with two attached hydrogens (primary N) is 1. The Balaban J connectivity index is 1.75. The van der Waals surface area contributed by atoms with Crippen molar-refractivity contribution in [3.05, 3.63) is 52.3 Å². The fraction of sp³-hybridized carbons (Fsp3) is 0.300. The van der Waals surface area contributed by atoms with Crippen molar-refractivity contribution >= 4 is 34.0 Å². The molecule has 0 saturated carbocycles. The summed E-state index contributed by atoms with van der Waals surface area (Å²) in [6.45, 7) is 7.19. The van der Waals surface area contributed by atoms with Gasteiger partial charge in [-0.3, -0.25) is 9.59 Å². The van der Waals surface area contributed by atoms with Gasteiger partial charge in [-0.15, -0.1) is 0 Å². The van der Waals surface area contributed by atoms with Gasteiger partial charge in [0.1, 0.15) is 10.8 Å². The summed E-state index contributed by atoms with van der Waals surface area (Å²) in [4.78, 5) is 31.7. The molecule has 0 radical (unpaired) electrons. The summed E-state index contributed by atoms with van der Waals surface area (Å²) < 4.78 is 1.33. The first-order chi connectivity index (χ1) is 14.1. The molecule has 1 aliphatic rings. The first-order valence-corrected chi connectivity index (χ1v) is 10.2. The Labute approximate surface area is 171 Å². The number of nitrogens with zero attached hydrogens (tertiary/aromatic N) is 4.